The number of aromatic nitrogens is 2. The smallest absolute Gasteiger partial charge is 0.0538 e. The van der Waals surface area contributed by atoms with Gasteiger partial charge in [-0.2, -0.15) is 5.10 Å². The lowest BCUT2D eigenvalue weighted by molar-refractivity contribution is 0.0632. The van der Waals surface area contributed by atoms with Gasteiger partial charge in [-0.15, -0.1) is 0 Å². The van der Waals surface area contributed by atoms with Crippen LogP contribution in [-0.4, -0.2) is 39.9 Å². The fourth-order valence-corrected chi connectivity index (χ4v) is 4.04. The van der Waals surface area contributed by atoms with E-state index in [1.54, 1.807) is 0 Å². The molecule has 1 N–H and O–H groups in total. The zero-order chi connectivity index (χ0) is 14.6. The second kappa shape index (κ2) is 6.72. The van der Waals surface area contributed by atoms with E-state index in [-0.39, 0.29) is 5.54 Å². The Morgan fingerprint density at radius 3 is 2.40 bits per heavy atom. The molecule has 1 atom stereocenters. The Labute approximate surface area is 123 Å². The predicted molar refractivity (Wildman–Crippen MR) is 83.7 cm³/mol. The zero-order valence-corrected chi connectivity index (χ0v) is 13.5. The van der Waals surface area contributed by atoms with Crippen molar-refractivity contribution in [2.75, 3.05) is 19.6 Å². The van der Waals surface area contributed by atoms with Gasteiger partial charge in [0.25, 0.3) is 0 Å². The third-order valence-electron chi connectivity index (χ3n) is 4.87. The zero-order valence-electron chi connectivity index (χ0n) is 13.5. The van der Waals surface area contributed by atoms with Gasteiger partial charge in [0.1, 0.15) is 0 Å². The molecule has 1 unspecified atom stereocenters. The molecule has 1 aliphatic rings. The highest BCUT2D eigenvalue weighted by Gasteiger charge is 2.45. The Morgan fingerprint density at radius 2 is 1.95 bits per heavy atom. The topological polar surface area (TPSA) is 33.1 Å². The fraction of sp³-hybridized carbons (Fsp3) is 0.812. The SMILES string of the molecule is CCNC(c1cnn(C)c1)C1(N(CC)CC)CCCC1. The number of likely N-dealkylation sites (N-methyl/N-ethyl adjacent to an activating group) is 2. The standard InChI is InChI=1S/C16H30N4/c1-5-17-15(14-12-18-19(4)13-14)16(10-8-9-11-16)20(6-2)7-3/h12-13,15,17H,5-11H2,1-4H3. The highest BCUT2D eigenvalue weighted by Crippen LogP contribution is 2.44. The van der Waals surface area contributed by atoms with E-state index in [0.29, 0.717) is 6.04 Å². The molecule has 4 nitrogen and oxygen atoms in total. The van der Waals surface area contributed by atoms with Crippen LogP contribution in [0.4, 0.5) is 0 Å². The van der Waals surface area contributed by atoms with Crippen molar-refractivity contribution in [2.45, 2.75) is 58.0 Å². The Kier molecular flexibility index (Phi) is 5.22. The number of aryl methyl sites for hydroxylation is 1. The van der Waals surface area contributed by atoms with E-state index in [1.807, 2.05) is 17.9 Å². The summed E-state index contributed by atoms with van der Waals surface area (Å²) in [6.45, 7) is 10.0. The molecule has 1 aromatic heterocycles. The van der Waals surface area contributed by atoms with Crippen LogP contribution in [0.5, 0.6) is 0 Å². The summed E-state index contributed by atoms with van der Waals surface area (Å²) >= 11 is 0. The highest BCUT2D eigenvalue weighted by molar-refractivity contribution is 5.19. The first-order chi connectivity index (χ1) is 9.67. The molecule has 0 aliphatic heterocycles. The first-order valence-electron chi connectivity index (χ1n) is 8.15. The summed E-state index contributed by atoms with van der Waals surface area (Å²) in [6, 6.07) is 0.392. The predicted octanol–water partition coefficient (Wildman–Crippen LogP) is 2.73. The van der Waals surface area contributed by atoms with Gasteiger partial charge < -0.3 is 5.32 Å². The minimum atomic E-state index is 0.266. The van der Waals surface area contributed by atoms with Gasteiger partial charge in [-0.1, -0.05) is 33.6 Å². The number of nitrogens with one attached hydrogen (secondary N) is 1. The van der Waals surface area contributed by atoms with Gasteiger partial charge in [0.05, 0.1) is 12.2 Å². The number of rotatable bonds is 7. The van der Waals surface area contributed by atoms with Gasteiger partial charge in [0, 0.05) is 24.3 Å². The van der Waals surface area contributed by atoms with E-state index in [0.717, 1.165) is 19.6 Å². The minimum Gasteiger partial charge on any atom is -0.309 e. The third-order valence-corrected chi connectivity index (χ3v) is 4.87. The summed E-state index contributed by atoms with van der Waals surface area (Å²) < 4.78 is 1.92. The molecule has 4 heteroatoms. The van der Waals surface area contributed by atoms with Crippen molar-refractivity contribution in [3.63, 3.8) is 0 Å². The third kappa shape index (κ3) is 2.77. The Morgan fingerprint density at radius 1 is 1.30 bits per heavy atom. The summed E-state index contributed by atoms with van der Waals surface area (Å²) in [4.78, 5) is 2.67. The number of hydrogen-bond acceptors (Lipinski definition) is 3. The van der Waals surface area contributed by atoms with E-state index in [1.165, 1.54) is 31.2 Å². The molecule has 1 saturated carbocycles. The van der Waals surface area contributed by atoms with Gasteiger partial charge >= 0.3 is 0 Å². The van der Waals surface area contributed by atoms with Gasteiger partial charge in [-0.05, 0) is 32.5 Å². The molecule has 0 aromatic carbocycles. The van der Waals surface area contributed by atoms with Crippen molar-refractivity contribution in [1.29, 1.82) is 0 Å². The van der Waals surface area contributed by atoms with Crippen molar-refractivity contribution >= 4 is 0 Å². The highest BCUT2D eigenvalue weighted by atomic mass is 15.3. The van der Waals surface area contributed by atoms with E-state index in [4.69, 9.17) is 0 Å². The van der Waals surface area contributed by atoms with Crippen LogP contribution >= 0.6 is 0 Å². The summed E-state index contributed by atoms with van der Waals surface area (Å²) in [6.07, 6.45) is 9.49. The van der Waals surface area contributed by atoms with Crippen molar-refractivity contribution < 1.29 is 0 Å². The van der Waals surface area contributed by atoms with E-state index in [9.17, 15) is 0 Å². The largest absolute Gasteiger partial charge is 0.309 e. The van der Waals surface area contributed by atoms with E-state index < -0.39 is 0 Å². The molecule has 0 saturated heterocycles. The fourth-order valence-electron chi connectivity index (χ4n) is 4.04. The summed E-state index contributed by atoms with van der Waals surface area (Å²) in [5, 5.41) is 8.14. The molecule has 0 radical (unpaired) electrons. The Hall–Kier alpha value is -0.870. The lowest BCUT2D eigenvalue weighted by Gasteiger charge is -2.46. The van der Waals surface area contributed by atoms with Crippen LogP contribution in [0.15, 0.2) is 12.4 Å². The molecule has 0 spiro atoms. The Bertz CT molecular complexity index is 402. The molecule has 20 heavy (non-hydrogen) atoms. The molecule has 0 bridgehead atoms. The average molecular weight is 278 g/mol. The van der Waals surface area contributed by atoms with Gasteiger partial charge in [0.2, 0.25) is 0 Å². The summed E-state index contributed by atoms with van der Waals surface area (Å²) in [7, 11) is 2.01. The second-order valence-electron chi connectivity index (χ2n) is 5.92. The monoisotopic (exact) mass is 278 g/mol. The van der Waals surface area contributed by atoms with Crippen molar-refractivity contribution in [3.05, 3.63) is 18.0 Å². The van der Waals surface area contributed by atoms with Crippen LogP contribution in [0.3, 0.4) is 0 Å². The number of nitrogens with zero attached hydrogens (tertiary/aromatic N) is 3. The maximum absolute atomic E-state index is 4.39. The summed E-state index contributed by atoms with van der Waals surface area (Å²) in [5.74, 6) is 0. The van der Waals surface area contributed by atoms with Crippen molar-refractivity contribution in [2.24, 2.45) is 7.05 Å². The van der Waals surface area contributed by atoms with E-state index >= 15 is 0 Å². The van der Waals surface area contributed by atoms with Crippen LogP contribution in [-0.2, 0) is 7.05 Å². The molecule has 2 rings (SSSR count). The maximum atomic E-state index is 4.39. The normalized spacial score (nSPS) is 19.6. The number of hydrogen-bond donors (Lipinski definition) is 1. The molecular formula is C16H30N4. The molecular weight excluding hydrogens is 248 g/mol. The molecule has 1 aromatic rings. The molecule has 114 valence electrons. The second-order valence-corrected chi connectivity index (χ2v) is 5.92. The lowest BCUT2D eigenvalue weighted by atomic mass is 9.82. The van der Waals surface area contributed by atoms with Crippen molar-refractivity contribution in [3.8, 4) is 0 Å². The van der Waals surface area contributed by atoms with Gasteiger partial charge in [-0.25, -0.2) is 0 Å². The average Bonchev–Trinajstić information content (AvgIpc) is 3.08. The first-order valence-corrected chi connectivity index (χ1v) is 8.15. The maximum Gasteiger partial charge on any atom is 0.0538 e. The minimum absolute atomic E-state index is 0.266. The molecule has 0 amide bonds. The van der Waals surface area contributed by atoms with Crippen LogP contribution < -0.4 is 5.32 Å². The lowest BCUT2D eigenvalue weighted by Crippen LogP contribution is -2.55. The van der Waals surface area contributed by atoms with Crippen LogP contribution in [0.25, 0.3) is 0 Å². The first kappa shape index (κ1) is 15.5. The molecule has 1 fully saturated rings. The van der Waals surface area contributed by atoms with Crippen LogP contribution in [0.1, 0.15) is 58.1 Å². The van der Waals surface area contributed by atoms with Crippen LogP contribution in [0, 0.1) is 0 Å². The summed E-state index contributed by atoms with van der Waals surface area (Å²) in [5.41, 5.74) is 1.60. The van der Waals surface area contributed by atoms with Gasteiger partial charge in [0.15, 0.2) is 0 Å². The van der Waals surface area contributed by atoms with Gasteiger partial charge in [-0.3, -0.25) is 9.58 Å². The van der Waals surface area contributed by atoms with Crippen molar-refractivity contribution in [1.82, 2.24) is 20.0 Å². The van der Waals surface area contributed by atoms with Crippen LogP contribution in [0.2, 0.25) is 0 Å². The molecule has 1 heterocycles. The molecule has 1 aliphatic carbocycles. The van der Waals surface area contributed by atoms with E-state index in [2.05, 4.69) is 42.3 Å². The Balaban J connectivity index is 2.37. The quantitative estimate of drug-likeness (QED) is 0.832.